The smallest absolute Gasteiger partial charge is 0.407 e. The van der Waals surface area contributed by atoms with Crippen LogP contribution in [0.15, 0.2) is 24.3 Å². The van der Waals surface area contributed by atoms with Gasteiger partial charge in [0.05, 0.1) is 7.11 Å². The molecule has 0 saturated carbocycles. The second-order valence-corrected chi connectivity index (χ2v) is 5.48. The van der Waals surface area contributed by atoms with Crippen LogP contribution in [-0.2, 0) is 20.8 Å². The Morgan fingerprint density at radius 2 is 1.76 bits per heavy atom. The maximum Gasteiger partial charge on any atom is 0.407 e. The van der Waals surface area contributed by atoms with Crippen molar-refractivity contribution in [3.63, 3.8) is 0 Å². The summed E-state index contributed by atoms with van der Waals surface area (Å²) in [5.74, 6) is -0.328. The Morgan fingerprint density at radius 3 is 2.29 bits per heavy atom. The van der Waals surface area contributed by atoms with Crippen LogP contribution < -0.4 is 10.6 Å². The van der Waals surface area contributed by atoms with Crippen LogP contribution in [-0.4, -0.2) is 31.3 Å². The van der Waals surface area contributed by atoms with E-state index in [0.29, 0.717) is 6.54 Å². The monoisotopic (exact) mass is 294 g/mol. The molecule has 0 aliphatic carbocycles. The molecule has 0 aromatic heterocycles. The molecule has 0 saturated heterocycles. The molecule has 6 nitrogen and oxygen atoms in total. The Labute approximate surface area is 124 Å². The fraction of sp³-hybridized carbons (Fsp3) is 0.467. The Kier molecular flexibility index (Phi) is 6.02. The van der Waals surface area contributed by atoms with Crippen molar-refractivity contribution in [2.75, 3.05) is 19.0 Å². The third-order valence-electron chi connectivity index (χ3n) is 2.45. The average molecular weight is 294 g/mol. The highest BCUT2D eigenvalue weighted by Gasteiger charge is 2.15. The number of amides is 1. The number of esters is 1. The van der Waals surface area contributed by atoms with E-state index in [1.165, 1.54) is 7.11 Å². The number of anilines is 1. The molecule has 1 rings (SSSR count). The SMILES string of the molecule is COC(=O)CNc1ccc(CNC(=O)OC(C)(C)C)cc1. The van der Waals surface area contributed by atoms with Gasteiger partial charge in [0.15, 0.2) is 0 Å². The summed E-state index contributed by atoms with van der Waals surface area (Å²) in [6.45, 7) is 5.94. The molecule has 2 N–H and O–H groups in total. The van der Waals surface area contributed by atoms with Gasteiger partial charge in [-0.3, -0.25) is 4.79 Å². The number of ether oxygens (including phenoxy) is 2. The van der Waals surface area contributed by atoms with E-state index in [0.717, 1.165) is 11.3 Å². The van der Waals surface area contributed by atoms with Gasteiger partial charge in [-0.2, -0.15) is 0 Å². The van der Waals surface area contributed by atoms with E-state index in [9.17, 15) is 9.59 Å². The van der Waals surface area contributed by atoms with Gasteiger partial charge in [0, 0.05) is 12.2 Å². The molecule has 0 aliphatic heterocycles. The minimum Gasteiger partial charge on any atom is -0.468 e. The van der Waals surface area contributed by atoms with E-state index in [-0.39, 0.29) is 12.5 Å². The van der Waals surface area contributed by atoms with Gasteiger partial charge >= 0.3 is 12.1 Å². The molecule has 0 aliphatic rings. The topological polar surface area (TPSA) is 76.7 Å². The summed E-state index contributed by atoms with van der Waals surface area (Å²) >= 11 is 0. The number of nitrogens with one attached hydrogen (secondary N) is 2. The summed E-state index contributed by atoms with van der Waals surface area (Å²) in [6.07, 6.45) is -0.449. The van der Waals surface area contributed by atoms with Crippen molar-refractivity contribution in [1.82, 2.24) is 5.32 Å². The maximum atomic E-state index is 11.5. The van der Waals surface area contributed by atoms with Crippen LogP contribution in [0.25, 0.3) is 0 Å². The highest BCUT2D eigenvalue weighted by Crippen LogP contribution is 2.10. The molecule has 0 fully saturated rings. The molecule has 0 heterocycles. The van der Waals surface area contributed by atoms with Crippen LogP contribution in [0.3, 0.4) is 0 Å². The number of benzene rings is 1. The van der Waals surface area contributed by atoms with E-state index in [2.05, 4.69) is 15.4 Å². The first-order valence-corrected chi connectivity index (χ1v) is 6.66. The zero-order valence-electron chi connectivity index (χ0n) is 12.9. The summed E-state index contributed by atoms with van der Waals surface area (Å²) in [7, 11) is 1.34. The van der Waals surface area contributed by atoms with Gasteiger partial charge in [-0.25, -0.2) is 4.79 Å². The molecular weight excluding hydrogens is 272 g/mol. The van der Waals surface area contributed by atoms with Crippen molar-refractivity contribution < 1.29 is 19.1 Å². The number of alkyl carbamates (subject to hydrolysis) is 1. The molecule has 0 spiro atoms. The molecule has 1 aromatic rings. The van der Waals surface area contributed by atoms with Crippen molar-refractivity contribution in [2.24, 2.45) is 0 Å². The molecule has 0 radical (unpaired) electrons. The predicted molar refractivity (Wildman–Crippen MR) is 80.0 cm³/mol. The lowest BCUT2D eigenvalue weighted by molar-refractivity contribution is -0.138. The van der Waals surface area contributed by atoms with Crippen LogP contribution in [0.5, 0.6) is 0 Å². The quantitative estimate of drug-likeness (QED) is 0.815. The molecular formula is C15H22N2O4. The van der Waals surface area contributed by atoms with Gasteiger partial charge in [-0.15, -0.1) is 0 Å². The third kappa shape index (κ3) is 7.20. The zero-order valence-corrected chi connectivity index (χ0v) is 12.9. The highest BCUT2D eigenvalue weighted by molar-refractivity contribution is 5.74. The summed E-state index contributed by atoms with van der Waals surface area (Å²) < 4.78 is 9.68. The molecule has 116 valence electrons. The standard InChI is InChI=1S/C15H22N2O4/c1-15(2,3)21-14(19)17-9-11-5-7-12(8-6-11)16-10-13(18)20-4/h5-8,16H,9-10H2,1-4H3,(H,17,19). The second-order valence-electron chi connectivity index (χ2n) is 5.48. The first kappa shape index (κ1) is 16.8. The molecule has 0 bridgehead atoms. The number of rotatable bonds is 5. The van der Waals surface area contributed by atoms with Gasteiger partial charge in [0.1, 0.15) is 12.1 Å². The lowest BCUT2D eigenvalue weighted by Crippen LogP contribution is -2.32. The summed E-state index contributed by atoms with van der Waals surface area (Å²) in [4.78, 5) is 22.5. The summed E-state index contributed by atoms with van der Waals surface area (Å²) in [6, 6.07) is 7.37. The van der Waals surface area contributed by atoms with Crippen LogP contribution in [0.1, 0.15) is 26.3 Å². The molecule has 1 amide bonds. The fourth-order valence-electron chi connectivity index (χ4n) is 1.48. The van der Waals surface area contributed by atoms with E-state index in [1.54, 1.807) is 0 Å². The third-order valence-corrected chi connectivity index (χ3v) is 2.45. The zero-order chi connectivity index (χ0) is 15.9. The second kappa shape index (κ2) is 7.52. The number of hydrogen-bond donors (Lipinski definition) is 2. The summed E-state index contributed by atoms with van der Waals surface area (Å²) in [5.41, 5.74) is 1.23. The van der Waals surface area contributed by atoms with Gasteiger partial charge < -0.3 is 20.1 Å². The maximum absolute atomic E-state index is 11.5. The number of methoxy groups -OCH3 is 1. The normalized spacial score (nSPS) is 10.7. The number of carbonyl (C=O) groups excluding carboxylic acids is 2. The van der Waals surface area contributed by atoms with Crippen LogP contribution in [0.4, 0.5) is 10.5 Å². The van der Waals surface area contributed by atoms with E-state index in [4.69, 9.17) is 4.74 Å². The average Bonchev–Trinajstić information content (AvgIpc) is 2.41. The van der Waals surface area contributed by atoms with E-state index < -0.39 is 11.7 Å². The number of carbonyl (C=O) groups is 2. The number of hydrogen-bond acceptors (Lipinski definition) is 5. The summed E-state index contributed by atoms with van der Waals surface area (Å²) in [5, 5.41) is 5.61. The van der Waals surface area contributed by atoms with Gasteiger partial charge in [-0.1, -0.05) is 12.1 Å². The first-order chi connectivity index (χ1) is 9.80. The minimum absolute atomic E-state index is 0.117. The predicted octanol–water partition coefficient (Wildman–Crippen LogP) is 2.30. The van der Waals surface area contributed by atoms with Crippen LogP contribution in [0.2, 0.25) is 0 Å². The van der Waals surface area contributed by atoms with Gasteiger partial charge in [-0.05, 0) is 38.5 Å². The van der Waals surface area contributed by atoms with Crippen LogP contribution in [0, 0.1) is 0 Å². The Hall–Kier alpha value is -2.24. The molecule has 1 aromatic carbocycles. The molecule has 6 heteroatoms. The van der Waals surface area contributed by atoms with Crippen molar-refractivity contribution in [3.8, 4) is 0 Å². The Bertz CT molecular complexity index is 477. The van der Waals surface area contributed by atoms with E-state index >= 15 is 0 Å². The lowest BCUT2D eigenvalue weighted by Gasteiger charge is -2.19. The van der Waals surface area contributed by atoms with Gasteiger partial charge in [0.25, 0.3) is 0 Å². The molecule has 0 unspecified atom stereocenters. The minimum atomic E-state index is -0.508. The fourth-order valence-corrected chi connectivity index (χ4v) is 1.48. The largest absolute Gasteiger partial charge is 0.468 e. The first-order valence-electron chi connectivity index (χ1n) is 6.66. The van der Waals surface area contributed by atoms with Crippen molar-refractivity contribution in [2.45, 2.75) is 32.9 Å². The Balaban J connectivity index is 2.41. The van der Waals surface area contributed by atoms with E-state index in [1.807, 2.05) is 45.0 Å². The lowest BCUT2D eigenvalue weighted by atomic mass is 10.2. The Morgan fingerprint density at radius 1 is 1.14 bits per heavy atom. The van der Waals surface area contributed by atoms with Crippen molar-refractivity contribution >= 4 is 17.7 Å². The van der Waals surface area contributed by atoms with Crippen LogP contribution >= 0.6 is 0 Å². The van der Waals surface area contributed by atoms with Crippen molar-refractivity contribution in [3.05, 3.63) is 29.8 Å². The molecule has 21 heavy (non-hydrogen) atoms. The highest BCUT2D eigenvalue weighted by atomic mass is 16.6. The van der Waals surface area contributed by atoms with Gasteiger partial charge in [0.2, 0.25) is 0 Å². The van der Waals surface area contributed by atoms with Crippen molar-refractivity contribution in [1.29, 1.82) is 0 Å². The molecule has 0 atom stereocenters.